The van der Waals surface area contributed by atoms with Crippen LogP contribution in [0.2, 0.25) is 0 Å². The Morgan fingerprint density at radius 2 is 1.69 bits per heavy atom. The summed E-state index contributed by atoms with van der Waals surface area (Å²) in [7, 11) is 0. The molecule has 0 fully saturated rings. The van der Waals surface area contributed by atoms with Gasteiger partial charge in [0.25, 0.3) is 0 Å². The molecule has 1 aromatic carbocycles. The zero-order valence-corrected chi connectivity index (χ0v) is 14.7. The quantitative estimate of drug-likeness (QED) is 0.379. The maximum Gasteiger partial charge on any atom is 0.573 e. The number of carbonyl (C=O) groups excluding carboxylic acids is 1. The molecule has 0 saturated heterocycles. The number of halogens is 6. The number of carbonyl (C=O) groups is 1. The Morgan fingerprint density at radius 1 is 1.12 bits per heavy atom. The van der Waals surface area contributed by atoms with Crippen LogP contribution < -0.4 is 4.74 Å². The van der Waals surface area contributed by atoms with Crippen molar-refractivity contribution >= 4 is 34.3 Å². The topological polar surface area (TPSA) is 44.8 Å². The van der Waals surface area contributed by atoms with Crippen LogP contribution in [-0.4, -0.2) is 34.7 Å². The van der Waals surface area contributed by atoms with E-state index in [4.69, 9.17) is 4.74 Å². The van der Waals surface area contributed by atoms with Gasteiger partial charge in [0, 0.05) is 0 Å². The molecule has 0 bridgehead atoms. The van der Waals surface area contributed by atoms with Gasteiger partial charge in [-0.05, 0) is 36.8 Å². The molecule has 12 heteroatoms. The molecule has 0 saturated carbocycles. The molecule has 0 aromatic heterocycles. The highest BCUT2D eigenvalue weighted by atomic mass is 32.2. The first-order valence-electron chi connectivity index (χ1n) is 6.77. The summed E-state index contributed by atoms with van der Waals surface area (Å²) in [4.78, 5) is 11.8. The van der Waals surface area contributed by atoms with E-state index in [1.165, 1.54) is 19.1 Å². The largest absolute Gasteiger partial charge is 0.573 e. The van der Waals surface area contributed by atoms with Gasteiger partial charge in [0.2, 0.25) is 4.38 Å². The number of alkyl halides is 6. The molecule has 26 heavy (non-hydrogen) atoms. The molecule has 0 spiro atoms. The molecule has 0 aliphatic rings. The fraction of sp³-hybridized carbons (Fsp3) is 0.429. The Kier molecular flexibility index (Phi) is 8.00. The lowest BCUT2D eigenvalue weighted by Gasteiger charge is -2.13. The van der Waals surface area contributed by atoms with Gasteiger partial charge in [-0.15, -0.1) is 13.2 Å². The third-order valence-electron chi connectivity index (χ3n) is 2.50. The fourth-order valence-corrected chi connectivity index (χ4v) is 2.50. The number of hydrogen-bond acceptors (Lipinski definition) is 6. The number of benzene rings is 1. The van der Waals surface area contributed by atoms with Crippen molar-refractivity contribution in [3.8, 4) is 5.75 Å². The van der Waals surface area contributed by atoms with Crippen molar-refractivity contribution in [2.75, 3.05) is 6.61 Å². The van der Waals surface area contributed by atoms with Gasteiger partial charge in [0.15, 0.2) is 6.61 Å². The van der Waals surface area contributed by atoms with Crippen LogP contribution in [0.3, 0.4) is 0 Å². The lowest BCUT2D eigenvalue weighted by Crippen LogP contribution is -2.22. The third kappa shape index (κ3) is 9.70. The molecule has 0 aliphatic carbocycles. The average Bonchev–Trinajstić information content (AvgIpc) is 2.49. The molecule has 0 N–H and O–H groups in total. The fourth-order valence-electron chi connectivity index (χ4n) is 1.43. The zero-order valence-electron chi connectivity index (χ0n) is 13.0. The number of esters is 1. The lowest BCUT2D eigenvalue weighted by molar-refractivity contribution is -0.274. The van der Waals surface area contributed by atoms with E-state index in [0.29, 0.717) is 17.3 Å². The van der Waals surface area contributed by atoms with Crippen LogP contribution >= 0.6 is 24.0 Å². The maximum absolute atomic E-state index is 12.0. The molecular weight excluding hydrogens is 410 g/mol. The summed E-state index contributed by atoms with van der Waals surface area (Å²) < 4.78 is 84.5. The van der Waals surface area contributed by atoms with E-state index in [2.05, 4.69) is 21.7 Å². The van der Waals surface area contributed by atoms with Crippen LogP contribution in [0.5, 0.6) is 5.75 Å². The Balaban J connectivity index is 2.42. The minimum absolute atomic E-state index is 0.244. The second kappa shape index (κ2) is 9.31. The number of hydrogen-bond donors (Lipinski definition) is 0. The number of rotatable bonds is 6. The summed E-state index contributed by atoms with van der Waals surface area (Å²) >= 11 is 5.16. The third-order valence-corrected chi connectivity index (χ3v) is 3.76. The van der Waals surface area contributed by atoms with Gasteiger partial charge in [-0.1, -0.05) is 23.9 Å². The highest BCUT2D eigenvalue weighted by molar-refractivity contribution is 8.23. The molecule has 0 aliphatic heterocycles. The SMILES string of the molecule is CC(SC(=S)OCC(F)(F)F)C(=O)OCc1ccc(OC(F)(F)F)cc1. The van der Waals surface area contributed by atoms with Gasteiger partial charge in [-0.2, -0.15) is 13.2 Å². The molecule has 1 rings (SSSR count). The molecule has 0 heterocycles. The standard InChI is InChI=1S/C14H12F6O4S2/c1-8(26-12(25)23-7-13(15,16)17)11(21)22-6-9-2-4-10(5-3-9)24-14(18,19)20/h2-5,8H,6-7H2,1H3. The van der Waals surface area contributed by atoms with E-state index >= 15 is 0 Å². The van der Waals surface area contributed by atoms with Gasteiger partial charge in [-0.3, -0.25) is 4.79 Å². The second-order valence-corrected chi connectivity index (χ2v) is 6.66. The molecular formula is C14H12F6O4S2. The normalized spacial score (nSPS) is 13.0. The summed E-state index contributed by atoms with van der Waals surface area (Å²) in [6, 6.07) is 4.64. The second-order valence-electron chi connectivity index (χ2n) is 4.71. The van der Waals surface area contributed by atoms with Gasteiger partial charge in [0.05, 0.1) is 0 Å². The Morgan fingerprint density at radius 3 is 2.19 bits per heavy atom. The first-order valence-corrected chi connectivity index (χ1v) is 8.06. The highest BCUT2D eigenvalue weighted by Crippen LogP contribution is 2.23. The van der Waals surface area contributed by atoms with Crippen LogP contribution in [0.4, 0.5) is 26.3 Å². The van der Waals surface area contributed by atoms with Crippen molar-refractivity contribution in [1.82, 2.24) is 0 Å². The predicted molar refractivity (Wildman–Crippen MR) is 84.6 cm³/mol. The van der Waals surface area contributed by atoms with Crippen molar-refractivity contribution in [1.29, 1.82) is 0 Å². The summed E-state index contributed by atoms with van der Waals surface area (Å²) in [5, 5.41) is -0.927. The van der Waals surface area contributed by atoms with E-state index < -0.39 is 40.5 Å². The molecule has 4 nitrogen and oxygen atoms in total. The molecule has 1 unspecified atom stereocenters. The van der Waals surface area contributed by atoms with E-state index in [1.54, 1.807) is 0 Å². The van der Waals surface area contributed by atoms with Gasteiger partial charge in [0.1, 0.15) is 17.6 Å². The van der Waals surface area contributed by atoms with Crippen LogP contribution in [0.1, 0.15) is 12.5 Å². The van der Waals surface area contributed by atoms with E-state index in [9.17, 15) is 31.1 Å². The molecule has 1 aromatic rings. The van der Waals surface area contributed by atoms with Gasteiger partial charge >= 0.3 is 18.5 Å². The smallest absolute Gasteiger partial charge is 0.469 e. The molecule has 0 radical (unpaired) electrons. The summed E-state index contributed by atoms with van der Waals surface area (Å²) in [5.74, 6) is -1.20. The Bertz CT molecular complexity index is 615. The summed E-state index contributed by atoms with van der Waals surface area (Å²) in [6.45, 7) is -0.449. The Hall–Kier alpha value is -1.69. The molecule has 1 atom stereocenters. The van der Waals surface area contributed by atoms with Crippen LogP contribution in [0.25, 0.3) is 0 Å². The number of thioether (sulfide) groups is 1. The monoisotopic (exact) mass is 422 g/mol. The average molecular weight is 422 g/mol. The predicted octanol–water partition coefficient (Wildman–Crippen LogP) is 4.61. The lowest BCUT2D eigenvalue weighted by atomic mass is 10.2. The Labute approximate surface area is 153 Å². The van der Waals surface area contributed by atoms with Crippen LogP contribution in [0.15, 0.2) is 24.3 Å². The van der Waals surface area contributed by atoms with Crippen LogP contribution in [0, 0.1) is 0 Å². The first-order chi connectivity index (χ1) is 11.9. The van der Waals surface area contributed by atoms with Crippen molar-refractivity contribution in [3.05, 3.63) is 29.8 Å². The van der Waals surface area contributed by atoms with Crippen molar-refractivity contribution < 1.29 is 45.3 Å². The number of thiocarbonyl (C=S) groups is 1. The van der Waals surface area contributed by atoms with Gasteiger partial charge in [-0.25, -0.2) is 0 Å². The van der Waals surface area contributed by atoms with E-state index in [1.807, 2.05) is 0 Å². The number of ether oxygens (including phenoxy) is 3. The summed E-state index contributed by atoms with van der Waals surface area (Å²) in [6.07, 6.45) is -9.36. The van der Waals surface area contributed by atoms with Crippen molar-refractivity contribution in [2.45, 2.75) is 31.3 Å². The van der Waals surface area contributed by atoms with Gasteiger partial charge < -0.3 is 14.2 Å². The minimum Gasteiger partial charge on any atom is -0.469 e. The minimum atomic E-state index is -4.81. The van der Waals surface area contributed by atoms with Crippen LogP contribution in [-0.2, 0) is 20.9 Å². The zero-order chi connectivity index (χ0) is 20.0. The molecule has 146 valence electrons. The van der Waals surface area contributed by atoms with Crippen molar-refractivity contribution in [2.24, 2.45) is 0 Å². The maximum atomic E-state index is 12.0. The molecule has 0 amide bonds. The first kappa shape index (κ1) is 22.4. The highest BCUT2D eigenvalue weighted by Gasteiger charge is 2.31. The van der Waals surface area contributed by atoms with E-state index in [-0.39, 0.29) is 6.61 Å². The summed E-state index contributed by atoms with van der Waals surface area (Å²) in [5.41, 5.74) is 0.390. The van der Waals surface area contributed by atoms with Crippen molar-refractivity contribution in [3.63, 3.8) is 0 Å². The van der Waals surface area contributed by atoms with E-state index in [0.717, 1.165) is 12.1 Å².